The molecule has 6 heteroatoms. The normalized spacial score (nSPS) is 16.8. The molecule has 2 rings (SSSR count). The summed E-state index contributed by atoms with van der Waals surface area (Å²) in [6, 6.07) is 1.92. The van der Waals surface area contributed by atoms with Gasteiger partial charge in [-0.25, -0.2) is 9.97 Å². The molecule has 1 aromatic heterocycles. The minimum Gasteiger partial charge on any atom is -0.394 e. The van der Waals surface area contributed by atoms with E-state index in [0.29, 0.717) is 0 Å². The van der Waals surface area contributed by atoms with Gasteiger partial charge in [-0.15, -0.1) is 0 Å². The van der Waals surface area contributed by atoms with Gasteiger partial charge in [0.1, 0.15) is 11.6 Å². The summed E-state index contributed by atoms with van der Waals surface area (Å²) < 4.78 is 0. The second-order valence-electron chi connectivity index (χ2n) is 4.97. The number of rotatable bonds is 7. The fourth-order valence-electron chi connectivity index (χ4n) is 2.12. The lowest BCUT2D eigenvalue weighted by molar-refractivity contribution is 0.143. The molecule has 1 aromatic rings. The zero-order chi connectivity index (χ0) is 13.7. The Kier molecular flexibility index (Phi) is 4.87. The smallest absolute Gasteiger partial charge is 0.191 e. The van der Waals surface area contributed by atoms with Gasteiger partial charge in [-0.3, -0.25) is 0 Å². The van der Waals surface area contributed by atoms with Crippen LogP contribution in [0.25, 0.3) is 0 Å². The predicted octanol–water partition coefficient (Wildman–Crippen LogP) is 2.35. The molecule has 106 valence electrons. The van der Waals surface area contributed by atoms with E-state index in [1.165, 1.54) is 11.8 Å². The Hall–Kier alpha value is -1.01. The molecule has 0 atom stereocenters. The van der Waals surface area contributed by atoms with Crippen LogP contribution in [0.4, 0.5) is 11.6 Å². The topological polar surface area (TPSA) is 70.1 Å². The first kappa shape index (κ1) is 14.4. The number of nitrogens with zero attached hydrogens (tertiary/aromatic N) is 2. The Morgan fingerprint density at radius 3 is 2.63 bits per heavy atom. The highest BCUT2D eigenvalue weighted by Gasteiger charge is 2.36. The molecule has 0 aromatic carbocycles. The van der Waals surface area contributed by atoms with E-state index >= 15 is 0 Å². The summed E-state index contributed by atoms with van der Waals surface area (Å²) in [5.41, 5.74) is -0.175. The number of nitrogens with one attached hydrogen (secondary N) is 2. The quantitative estimate of drug-likeness (QED) is 0.527. The van der Waals surface area contributed by atoms with Crippen molar-refractivity contribution >= 4 is 23.4 Å². The lowest BCUT2D eigenvalue weighted by atomic mass is 9.77. The van der Waals surface area contributed by atoms with E-state index < -0.39 is 0 Å². The van der Waals surface area contributed by atoms with Crippen LogP contribution in [0.5, 0.6) is 0 Å². The van der Waals surface area contributed by atoms with E-state index in [9.17, 15) is 5.11 Å². The third-order valence-electron chi connectivity index (χ3n) is 3.45. The summed E-state index contributed by atoms with van der Waals surface area (Å²) in [4.78, 5) is 8.89. The van der Waals surface area contributed by atoms with Crippen LogP contribution in [0.1, 0.15) is 32.6 Å². The van der Waals surface area contributed by atoms with Gasteiger partial charge in [-0.1, -0.05) is 18.7 Å². The number of aromatic nitrogens is 2. The molecular formula is C13H22N4OS. The molecule has 1 heterocycles. The fraction of sp³-hybridized carbons (Fsp3) is 0.692. The number of aliphatic hydroxyl groups excluding tert-OH is 1. The summed E-state index contributed by atoms with van der Waals surface area (Å²) in [5, 5.41) is 16.9. The minimum atomic E-state index is -0.175. The number of hydrogen-bond acceptors (Lipinski definition) is 6. The minimum absolute atomic E-state index is 0.156. The zero-order valence-electron chi connectivity index (χ0n) is 11.6. The van der Waals surface area contributed by atoms with Crippen molar-refractivity contribution in [2.24, 2.45) is 0 Å². The van der Waals surface area contributed by atoms with E-state index in [1.807, 2.05) is 12.3 Å². The van der Waals surface area contributed by atoms with Crippen LogP contribution >= 0.6 is 11.8 Å². The van der Waals surface area contributed by atoms with Gasteiger partial charge in [-0.05, 0) is 31.9 Å². The molecular weight excluding hydrogens is 260 g/mol. The lowest BCUT2D eigenvalue weighted by Crippen LogP contribution is -2.48. The van der Waals surface area contributed by atoms with Crippen LogP contribution in [0.2, 0.25) is 0 Å². The fourth-order valence-corrected chi connectivity index (χ4v) is 2.50. The van der Waals surface area contributed by atoms with Gasteiger partial charge in [-0.2, -0.15) is 0 Å². The van der Waals surface area contributed by atoms with Crippen LogP contribution in [-0.2, 0) is 0 Å². The standard InChI is InChI=1S/C13H22N4OS/c1-3-7-14-10-8-11(16-12(15-10)19-2)17-13(9-18)5-4-6-13/h8,18H,3-7,9H2,1-2H3,(H2,14,15,16,17). The molecule has 1 fully saturated rings. The van der Waals surface area contributed by atoms with Crippen molar-refractivity contribution in [3.63, 3.8) is 0 Å². The summed E-state index contributed by atoms with van der Waals surface area (Å²) in [5.74, 6) is 1.64. The monoisotopic (exact) mass is 282 g/mol. The first-order valence-electron chi connectivity index (χ1n) is 6.77. The van der Waals surface area contributed by atoms with Crippen molar-refractivity contribution in [3.05, 3.63) is 6.07 Å². The third kappa shape index (κ3) is 3.51. The van der Waals surface area contributed by atoms with Gasteiger partial charge in [0.25, 0.3) is 0 Å². The van der Waals surface area contributed by atoms with Crippen molar-refractivity contribution in [1.82, 2.24) is 9.97 Å². The van der Waals surface area contributed by atoms with Crippen LogP contribution in [0, 0.1) is 0 Å². The van der Waals surface area contributed by atoms with Crippen molar-refractivity contribution in [1.29, 1.82) is 0 Å². The molecule has 1 saturated carbocycles. The second kappa shape index (κ2) is 6.43. The number of hydrogen-bond donors (Lipinski definition) is 3. The summed E-state index contributed by atoms with van der Waals surface area (Å²) in [6.07, 6.45) is 6.18. The molecule has 19 heavy (non-hydrogen) atoms. The molecule has 1 aliphatic carbocycles. The van der Waals surface area contributed by atoms with Crippen molar-refractivity contribution in [3.8, 4) is 0 Å². The zero-order valence-corrected chi connectivity index (χ0v) is 12.4. The highest BCUT2D eigenvalue weighted by atomic mass is 32.2. The summed E-state index contributed by atoms with van der Waals surface area (Å²) >= 11 is 1.53. The molecule has 0 amide bonds. The van der Waals surface area contributed by atoms with Gasteiger partial charge in [0, 0.05) is 12.6 Å². The molecule has 0 aliphatic heterocycles. The van der Waals surface area contributed by atoms with Gasteiger partial charge >= 0.3 is 0 Å². The average molecular weight is 282 g/mol. The van der Waals surface area contributed by atoms with Gasteiger partial charge in [0.05, 0.1) is 12.1 Å². The second-order valence-corrected chi connectivity index (χ2v) is 5.74. The summed E-state index contributed by atoms with van der Waals surface area (Å²) in [7, 11) is 0. The van der Waals surface area contributed by atoms with Crippen LogP contribution in [0.15, 0.2) is 11.2 Å². The SMILES string of the molecule is CCCNc1cc(NC2(CO)CCC2)nc(SC)n1. The predicted molar refractivity (Wildman–Crippen MR) is 79.9 cm³/mol. The van der Waals surface area contributed by atoms with E-state index in [-0.39, 0.29) is 12.1 Å². The van der Waals surface area contributed by atoms with Crippen LogP contribution < -0.4 is 10.6 Å². The van der Waals surface area contributed by atoms with Crippen LogP contribution in [-0.4, -0.2) is 40.0 Å². The Morgan fingerprint density at radius 1 is 1.37 bits per heavy atom. The third-order valence-corrected chi connectivity index (χ3v) is 4.00. The number of anilines is 2. The first-order valence-corrected chi connectivity index (χ1v) is 8.00. The highest BCUT2D eigenvalue weighted by molar-refractivity contribution is 7.98. The van der Waals surface area contributed by atoms with Crippen molar-refractivity contribution in [2.75, 3.05) is 30.0 Å². The Bertz CT molecular complexity index is 418. The highest BCUT2D eigenvalue weighted by Crippen LogP contribution is 2.35. The molecule has 0 radical (unpaired) electrons. The average Bonchev–Trinajstić information content (AvgIpc) is 2.40. The van der Waals surface area contributed by atoms with E-state index in [0.717, 1.165) is 49.0 Å². The van der Waals surface area contributed by atoms with Crippen LogP contribution in [0.3, 0.4) is 0 Å². The molecule has 0 spiro atoms. The molecule has 3 N–H and O–H groups in total. The molecule has 0 unspecified atom stereocenters. The maximum absolute atomic E-state index is 9.51. The lowest BCUT2D eigenvalue weighted by Gasteiger charge is -2.41. The van der Waals surface area contributed by atoms with Gasteiger partial charge < -0.3 is 15.7 Å². The molecule has 5 nitrogen and oxygen atoms in total. The summed E-state index contributed by atoms with van der Waals surface area (Å²) in [6.45, 7) is 3.18. The van der Waals surface area contributed by atoms with Crippen molar-refractivity contribution in [2.45, 2.75) is 43.3 Å². The van der Waals surface area contributed by atoms with Gasteiger partial charge in [0.15, 0.2) is 5.16 Å². The number of aliphatic hydroxyl groups is 1. The molecule has 1 aliphatic rings. The maximum atomic E-state index is 9.51. The Morgan fingerprint density at radius 2 is 2.11 bits per heavy atom. The van der Waals surface area contributed by atoms with E-state index in [1.54, 1.807) is 0 Å². The largest absolute Gasteiger partial charge is 0.394 e. The first-order chi connectivity index (χ1) is 9.21. The maximum Gasteiger partial charge on any atom is 0.191 e. The number of thioether (sulfide) groups is 1. The van der Waals surface area contributed by atoms with E-state index in [2.05, 4.69) is 27.5 Å². The Balaban J connectivity index is 2.14. The molecule has 0 bridgehead atoms. The Labute approximate surface area is 118 Å². The molecule has 0 saturated heterocycles. The van der Waals surface area contributed by atoms with Crippen molar-refractivity contribution < 1.29 is 5.11 Å². The van der Waals surface area contributed by atoms with E-state index in [4.69, 9.17) is 0 Å². The van der Waals surface area contributed by atoms with Gasteiger partial charge in [0.2, 0.25) is 0 Å².